The zero-order valence-corrected chi connectivity index (χ0v) is 21.5. The number of halogens is 1. The zero-order chi connectivity index (χ0) is 26.4. The quantitative estimate of drug-likeness (QED) is 0.291. The first-order chi connectivity index (χ1) is 18.4. The Morgan fingerprint density at radius 1 is 0.947 bits per heavy atom. The van der Waals surface area contributed by atoms with Crippen LogP contribution in [0.1, 0.15) is 39.7 Å². The van der Waals surface area contributed by atoms with Gasteiger partial charge in [0, 0.05) is 17.4 Å². The molecular formula is C31H28FN5O. The highest BCUT2D eigenvalue weighted by atomic mass is 19.1. The third kappa shape index (κ3) is 4.06. The lowest BCUT2D eigenvalue weighted by molar-refractivity contribution is 0.194. The third-order valence-electron chi connectivity index (χ3n) is 7.15. The summed E-state index contributed by atoms with van der Waals surface area (Å²) in [5.41, 5.74) is 7.01. The molecule has 0 radical (unpaired) electrons. The average Bonchev–Trinajstić information content (AvgIpc) is 3.47. The molecule has 0 saturated heterocycles. The number of hydrogen-bond acceptors (Lipinski definition) is 2. The van der Waals surface area contributed by atoms with Gasteiger partial charge in [0.15, 0.2) is 0 Å². The molecule has 190 valence electrons. The van der Waals surface area contributed by atoms with Gasteiger partial charge in [-0.25, -0.2) is 13.9 Å². The molecule has 2 aromatic heterocycles. The number of nitrogens with zero attached hydrogens (tertiary/aromatic N) is 4. The predicted octanol–water partition coefficient (Wildman–Crippen LogP) is 6.86. The molecule has 7 heteroatoms. The molecule has 0 saturated carbocycles. The molecule has 0 aliphatic carbocycles. The second kappa shape index (κ2) is 9.34. The maximum Gasteiger partial charge on any atom is 0.322 e. The summed E-state index contributed by atoms with van der Waals surface area (Å²) in [6, 6.07) is 25.6. The van der Waals surface area contributed by atoms with E-state index < -0.39 is 6.04 Å². The van der Waals surface area contributed by atoms with E-state index in [1.54, 1.807) is 11.0 Å². The highest BCUT2D eigenvalue weighted by Gasteiger charge is 2.36. The summed E-state index contributed by atoms with van der Waals surface area (Å²) in [4.78, 5) is 15.8. The number of nitrogens with one attached hydrogen (secondary N) is 1. The van der Waals surface area contributed by atoms with E-state index in [1.807, 2.05) is 98.4 Å². The number of carbonyl (C=O) groups is 1. The fraction of sp³-hybridized carbons (Fsp3) is 0.161. The first-order valence-electron chi connectivity index (χ1n) is 12.6. The number of anilines is 1. The number of rotatable bonds is 3. The number of hydrogen-bond donors (Lipinski definition) is 1. The van der Waals surface area contributed by atoms with E-state index in [4.69, 9.17) is 5.10 Å². The van der Waals surface area contributed by atoms with Gasteiger partial charge in [-0.15, -0.1) is 0 Å². The molecule has 0 spiro atoms. The minimum absolute atomic E-state index is 0.263. The van der Waals surface area contributed by atoms with E-state index >= 15 is 0 Å². The van der Waals surface area contributed by atoms with Crippen molar-refractivity contribution in [2.75, 3.05) is 5.32 Å². The lowest BCUT2D eigenvalue weighted by atomic mass is 10.0. The molecule has 5 aromatic rings. The van der Waals surface area contributed by atoms with E-state index in [2.05, 4.69) is 9.88 Å². The number of para-hydroxylation sites is 1. The van der Waals surface area contributed by atoms with Crippen molar-refractivity contribution < 1.29 is 9.18 Å². The van der Waals surface area contributed by atoms with Crippen LogP contribution in [0, 0.1) is 26.6 Å². The Labute approximate surface area is 221 Å². The fourth-order valence-electron chi connectivity index (χ4n) is 5.23. The molecule has 6 nitrogen and oxygen atoms in total. The van der Waals surface area contributed by atoms with E-state index in [0.717, 1.165) is 45.3 Å². The summed E-state index contributed by atoms with van der Waals surface area (Å²) in [6.45, 7) is 6.23. The monoisotopic (exact) mass is 505 g/mol. The second-order valence-corrected chi connectivity index (χ2v) is 9.77. The lowest BCUT2D eigenvalue weighted by Gasteiger charge is -2.31. The minimum atomic E-state index is -0.526. The Morgan fingerprint density at radius 3 is 2.55 bits per heavy atom. The van der Waals surface area contributed by atoms with Gasteiger partial charge in [0.05, 0.1) is 29.7 Å². The van der Waals surface area contributed by atoms with Crippen LogP contribution >= 0.6 is 0 Å². The van der Waals surface area contributed by atoms with Crippen LogP contribution in [0.4, 0.5) is 14.9 Å². The summed E-state index contributed by atoms with van der Waals surface area (Å²) in [7, 11) is 0. The molecule has 0 bridgehead atoms. The average molecular weight is 506 g/mol. The SMILES string of the molecule is Cc1ccc(C)c(NC(=O)N2Cc3c(C)nn(-c4ccccc4)c3-n3cccc3[C@H]2c2cccc(F)c2)c1. The summed E-state index contributed by atoms with van der Waals surface area (Å²) >= 11 is 0. The Kier molecular flexibility index (Phi) is 5.83. The molecule has 6 rings (SSSR count). The lowest BCUT2D eigenvalue weighted by Crippen LogP contribution is -2.38. The van der Waals surface area contributed by atoms with Gasteiger partial charge < -0.3 is 14.8 Å². The molecule has 3 aromatic carbocycles. The van der Waals surface area contributed by atoms with Crippen LogP contribution in [0.3, 0.4) is 0 Å². The Balaban J connectivity index is 1.54. The topological polar surface area (TPSA) is 55.1 Å². The Bertz CT molecular complexity index is 1650. The van der Waals surface area contributed by atoms with E-state index in [9.17, 15) is 9.18 Å². The van der Waals surface area contributed by atoms with Gasteiger partial charge in [-0.3, -0.25) is 0 Å². The normalized spacial score (nSPS) is 14.5. The summed E-state index contributed by atoms with van der Waals surface area (Å²) in [6.07, 6.45) is 1.98. The molecular weight excluding hydrogens is 477 g/mol. The number of benzene rings is 3. The summed E-state index contributed by atoms with van der Waals surface area (Å²) in [5.74, 6) is 0.529. The standard InChI is InChI=1S/C31H28FN5O/c1-20-14-15-21(2)27(17-20)33-31(38)36-19-26-22(3)34-37(25-11-5-4-6-12-25)30(26)35-16-8-13-28(35)29(36)23-9-7-10-24(32)18-23/h4-18,29H,19H2,1-3H3,(H,33,38)/t29-/m1/s1. The number of aromatic nitrogens is 3. The fourth-order valence-corrected chi connectivity index (χ4v) is 5.23. The molecule has 0 unspecified atom stereocenters. The van der Waals surface area contributed by atoms with E-state index in [0.29, 0.717) is 12.1 Å². The molecule has 38 heavy (non-hydrogen) atoms. The van der Waals surface area contributed by atoms with Crippen molar-refractivity contribution in [2.45, 2.75) is 33.4 Å². The molecule has 0 fully saturated rings. The highest BCUT2D eigenvalue weighted by Crippen LogP contribution is 2.39. The predicted molar refractivity (Wildman–Crippen MR) is 146 cm³/mol. The first kappa shape index (κ1) is 23.7. The van der Waals surface area contributed by atoms with Gasteiger partial charge in [-0.2, -0.15) is 5.10 Å². The molecule has 2 amide bonds. The number of urea groups is 1. The van der Waals surface area contributed by atoms with Gasteiger partial charge in [-0.05, 0) is 79.9 Å². The smallest absolute Gasteiger partial charge is 0.308 e. The molecule has 3 heterocycles. The van der Waals surface area contributed by atoms with Gasteiger partial charge in [-0.1, -0.05) is 42.5 Å². The van der Waals surface area contributed by atoms with Crippen LogP contribution < -0.4 is 5.32 Å². The number of amides is 2. The maximum atomic E-state index is 14.5. The summed E-state index contributed by atoms with van der Waals surface area (Å²) < 4.78 is 18.5. The van der Waals surface area contributed by atoms with Gasteiger partial charge in [0.25, 0.3) is 0 Å². The van der Waals surface area contributed by atoms with Crippen molar-refractivity contribution in [2.24, 2.45) is 0 Å². The zero-order valence-electron chi connectivity index (χ0n) is 21.5. The number of fused-ring (bicyclic) bond motifs is 3. The minimum Gasteiger partial charge on any atom is -0.308 e. The second-order valence-electron chi connectivity index (χ2n) is 9.77. The van der Waals surface area contributed by atoms with Gasteiger partial charge in [0.2, 0.25) is 0 Å². The Hall–Kier alpha value is -4.65. The van der Waals surface area contributed by atoms with Crippen LogP contribution in [0.15, 0.2) is 91.1 Å². The summed E-state index contributed by atoms with van der Waals surface area (Å²) in [5, 5.41) is 8.01. The van der Waals surface area contributed by atoms with Crippen molar-refractivity contribution in [1.82, 2.24) is 19.2 Å². The van der Waals surface area contributed by atoms with Crippen LogP contribution in [0.25, 0.3) is 11.5 Å². The van der Waals surface area contributed by atoms with Gasteiger partial charge >= 0.3 is 6.03 Å². The molecule has 1 aliphatic rings. The first-order valence-corrected chi connectivity index (χ1v) is 12.6. The maximum absolute atomic E-state index is 14.5. The van der Waals surface area contributed by atoms with Crippen molar-refractivity contribution in [3.05, 3.63) is 131 Å². The highest BCUT2D eigenvalue weighted by molar-refractivity contribution is 5.91. The van der Waals surface area contributed by atoms with Crippen LogP contribution in [0.5, 0.6) is 0 Å². The molecule has 1 aliphatic heterocycles. The van der Waals surface area contributed by atoms with E-state index in [1.165, 1.54) is 12.1 Å². The van der Waals surface area contributed by atoms with Crippen LogP contribution in [-0.4, -0.2) is 25.3 Å². The third-order valence-corrected chi connectivity index (χ3v) is 7.15. The van der Waals surface area contributed by atoms with Crippen LogP contribution in [0.2, 0.25) is 0 Å². The van der Waals surface area contributed by atoms with Gasteiger partial charge in [0.1, 0.15) is 11.6 Å². The van der Waals surface area contributed by atoms with Crippen LogP contribution in [-0.2, 0) is 6.54 Å². The number of carbonyl (C=O) groups excluding carboxylic acids is 1. The van der Waals surface area contributed by atoms with Crippen molar-refractivity contribution in [1.29, 1.82) is 0 Å². The largest absolute Gasteiger partial charge is 0.322 e. The van der Waals surface area contributed by atoms with Crippen molar-refractivity contribution in [3.63, 3.8) is 0 Å². The van der Waals surface area contributed by atoms with Crippen molar-refractivity contribution >= 4 is 11.7 Å². The number of aryl methyl sites for hydroxylation is 3. The Morgan fingerprint density at radius 2 is 1.76 bits per heavy atom. The molecule has 1 atom stereocenters. The molecule has 1 N–H and O–H groups in total. The van der Waals surface area contributed by atoms with E-state index in [-0.39, 0.29) is 11.8 Å². The van der Waals surface area contributed by atoms with Crippen molar-refractivity contribution in [3.8, 4) is 11.5 Å².